The fourth-order valence-electron chi connectivity index (χ4n) is 2.77. The molecule has 0 aliphatic rings. The zero-order valence-electron chi connectivity index (χ0n) is 15.1. The van der Waals surface area contributed by atoms with E-state index in [1.165, 1.54) is 0 Å². The van der Waals surface area contributed by atoms with Gasteiger partial charge in [0.25, 0.3) is 0 Å². The predicted octanol–water partition coefficient (Wildman–Crippen LogP) is 5.27. The first-order valence-corrected chi connectivity index (χ1v) is 9.94. The summed E-state index contributed by atoms with van der Waals surface area (Å²) in [5.74, 6) is 0.409. The number of halogens is 1. The van der Waals surface area contributed by atoms with Gasteiger partial charge in [-0.25, -0.2) is 9.97 Å². The normalized spacial score (nSPS) is 10.8. The van der Waals surface area contributed by atoms with Gasteiger partial charge in [0.2, 0.25) is 5.91 Å². The first-order chi connectivity index (χ1) is 13.6. The number of hydrogen-bond donors (Lipinski definition) is 1. The third-order valence-corrected chi connectivity index (χ3v) is 5.30. The maximum Gasteiger partial charge on any atom is 0.245 e. The van der Waals surface area contributed by atoms with E-state index in [9.17, 15) is 4.79 Å². The lowest BCUT2D eigenvalue weighted by Crippen LogP contribution is -2.19. The fraction of sp³-hybridized carbons (Fsp3) is 0.0952. The first-order valence-electron chi connectivity index (χ1n) is 8.68. The SMILES string of the molecule is Cc1ccc(NC(=O)Cn2cccc2-c2nc(-c3ccc(Cl)cc3)cs2)nc1. The Morgan fingerprint density at radius 3 is 2.75 bits per heavy atom. The van der Waals surface area contributed by atoms with Gasteiger partial charge in [-0.2, -0.15) is 0 Å². The number of pyridine rings is 1. The van der Waals surface area contributed by atoms with Gasteiger partial charge in [0.1, 0.15) is 17.4 Å². The van der Waals surface area contributed by atoms with Crippen LogP contribution in [-0.4, -0.2) is 20.4 Å². The van der Waals surface area contributed by atoms with Crippen LogP contribution >= 0.6 is 22.9 Å². The van der Waals surface area contributed by atoms with Gasteiger partial charge in [-0.3, -0.25) is 4.79 Å². The minimum atomic E-state index is -0.136. The Bertz CT molecular complexity index is 1100. The highest BCUT2D eigenvalue weighted by Crippen LogP contribution is 2.29. The largest absolute Gasteiger partial charge is 0.336 e. The second-order valence-corrected chi connectivity index (χ2v) is 7.63. The van der Waals surface area contributed by atoms with E-state index in [2.05, 4.69) is 10.3 Å². The minimum absolute atomic E-state index is 0.136. The number of hydrogen-bond acceptors (Lipinski definition) is 4. The Balaban J connectivity index is 1.50. The molecular weight excluding hydrogens is 392 g/mol. The molecule has 4 rings (SSSR count). The van der Waals surface area contributed by atoms with Crippen molar-refractivity contribution in [2.45, 2.75) is 13.5 Å². The highest BCUT2D eigenvalue weighted by atomic mass is 35.5. The van der Waals surface area contributed by atoms with Crippen LogP contribution < -0.4 is 5.32 Å². The molecule has 0 unspecified atom stereocenters. The molecule has 0 aliphatic heterocycles. The number of carbonyl (C=O) groups is 1. The fourth-order valence-corrected chi connectivity index (χ4v) is 3.76. The summed E-state index contributed by atoms with van der Waals surface area (Å²) < 4.78 is 1.88. The number of anilines is 1. The summed E-state index contributed by atoms with van der Waals surface area (Å²) in [5.41, 5.74) is 3.84. The number of thiazole rings is 1. The van der Waals surface area contributed by atoms with Crippen molar-refractivity contribution < 1.29 is 4.79 Å². The molecule has 0 bridgehead atoms. The Labute approximate surface area is 171 Å². The van der Waals surface area contributed by atoms with Crippen molar-refractivity contribution in [2.75, 3.05) is 5.32 Å². The van der Waals surface area contributed by atoms with Gasteiger partial charge < -0.3 is 9.88 Å². The summed E-state index contributed by atoms with van der Waals surface area (Å²) in [6.45, 7) is 2.14. The van der Waals surface area contributed by atoms with Crippen molar-refractivity contribution in [3.05, 3.63) is 76.9 Å². The molecule has 4 aromatic rings. The molecule has 0 aliphatic carbocycles. The van der Waals surface area contributed by atoms with Crippen LogP contribution in [-0.2, 0) is 11.3 Å². The Kier molecular flexibility index (Phi) is 5.23. The van der Waals surface area contributed by atoms with E-state index in [4.69, 9.17) is 16.6 Å². The molecule has 0 saturated heterocycles. The summed E-state index contributed by atoms with van der Waals surface area (Å²) in [5, 5.41) is 6.38. The maximum atomic E-state index is 12.4. The molecule has 0 atom stereocenters. The van der Waals surface area contributed by atoms with Crippen LogP contribution in [0.1, 0.15) is 5.56 Å². The lowest BCUT2D eigenvalue weighted by atomic mass is 10.2. The zero-order chi connectivity index (χ0) is 19.5. The number of benzene rings is 1. The third kappa shape index (κ3) is 4.13. The van der Waals surface area contributed by atoms with Crippen molar-refractivity contribution in [3.8, 4) is 22.0 Å². The third-order valence-electron chi connectivity index (χ3n) is 4.19. The average molecular weight is 409 g/mol. The van der Waals surface area contributed by atoms with E-state index in [-0.39, 0.29) is 12.5 Å². The van der Waals surface area contributed by atoms with Crippen LogP contribution in [0.4, 0.5) is 5.82 Å². The first kappa shape index (κ1) is 18.4. The molecule has 1 N–H and O–H groups in total. The van der Waals surface area contributed by atoms with Crippen molar-refractivity contribution in [1.82, 2.24) is 14.5 Å². The summed E-state index contributed by atoms with van der Waals surface area (Å²) in [6.07, 6.45) is 3.60. The van der Waals surface area contributed by atoms with Gasteiger partial charge in [-0.05, 0) is 42.8 Å². The lowest BCUT2D eigenvalue weighted by molar-refractivity contribution is -0.116. The Hall–Kier alpha value is -2.96. The van der Waals surface area contributed by atoms with Crippen LogP contribution in [0.15, 0.2) is 66.3 Å². The molecule has 1 amide bonds. The molecule has 0 radical (unpaired) electrons. The number of nitrogens with one attached hydrogen (secondary N) is 1. The summed E-state index contributed by atoms with van der Waals surface area (Å²) in [6, 6.07) is 15.2. The van der Waals surface area contributed by atoms with Gasteiger partial charge in [-0.15, -0.1) is 11.3 Å². The number of carbonyl (C=O) groups excluding carboxylic acids is 1. The van der Waals surface area contributed by atoms with Crippen LogP contribution in [0.5, 0.6) is 0 Å². The molecule has 7 heteroatoms. The van der Waals surface area contributed by atoms with E-state index >= 15 is 0 Å². The summed E-state index contributed by atoms with van der Waals surface area (Å²) >= 11 is 7.50. The molecule has 1 aromatic carbocycles. The van der Waals surface area contributed by atoms with Gasteiger partial charge in [0, 0.05) is 28.4 Å². The van der Waals surface area contributed by atoms with Crippen molar-refractivity contribution in [3.63, 3.8) is 0 Å². The number of aryl methyl sites for hydroxylation is 1. The zero-order valence-corrected chi connectivity index (χ0v) is 16.7. The molecular formula is C21H17ClN4OS. The smallest absolute Gasteiger partial charge is 0.245 e. The van der Waals surface area contributed by atoms with Crippen LogP contribution in [0.2, 0.25) is 5.02 Å². The molecule has 5 nitrogen and oxygen atoms in total. The summed E-state index contributed by atoms with van der Waals surface area (Å²) in [7, 11) is 0. The Morgan fingerprint density at radius 2 is 2.00 bits per heavy atom. The lowest BCUT2D eigenvalue weighted by Gasteiger charge is -2.08. The molecule has 28 heavy (non-hydrogen) atoms. The molecule has 0 fully saturated rings. The summed E-state index contributed by atoms with van der Waals surface area (Å²) in [4.78, 5) is 21.3. The van der Waals surface area contributed by atoms with Gasteiger partial charge in [0.15, 0.2) is 0 Å². The molecule has 140 valence electrons. The van der Waals surface area contributed by atoms with Crippen LogP contribution in [0.25, 0.3) is 22.0 Å². The monoisotopic (exact) mass is 408 g/mol. The number of aromatic nitrogens is 3. The van der Waals surface area contributed by atoms with E-state index < -0.39 is 0 Å². The van der Waals surface area contributed by atoms with Crippen molar-refractivity contribution >= 4 is 34.7 Å². The maximum absolute atomic E-state index is 12.4. The predicted molar refractivity (Wildman–Crippen MR) is 114 cm³/mol. The molecule has 3 heterocycles. The van der Waals surface area contributed by atoms with Crippen molar-refractivity contribution in [2.24, 2.45) is 0 Å². The van der Waals surface area contributed by atoms with Crippen LogP contribution in [0.3, 0.4) is 0 Å². The second-order valence-electron chi connectivity index (χ2n) is 6.34. The standard InChI is InChI=1S/C21H17ClN4OS/c1-14-4-9-19(23-11-14)25-20(27)12-26-10-2-3-18(26)21-24-17(13-28-21)15-5-7-16(22)8-6-15/h2-11,13H,12H2,1H3,(H,23,25,27). The molecule has 0 saturated carbocycles. The number of amides is 1. The van der Waals surface area contributed by atoms with Gasteiger partial charge >= 0.3 is 0 Å². The van der Waals surface area contributed by atoms with Gasteiger partial charge in [0.05, 0.1) is 11.4 Å². The van der Waals surface area contributed by atoms with E-state index in [0.717, 1.165) is 27.5 Å². The molecule has 3 aromatic heterocycles. The second kappa shape index (κ2) is 7.96. The quantitative estimate of drug-likeness (QED) is 0.489. The average Bonchev–Trinajstić information content (AvgIpc) is 3.33. The van der Waals surface area contributed by atoms with E-state index in [1.807, 2.05) is 65.5 Å². The van der Waals surface area contributed by atoms with E-state index in [0.29, 0.717) is 10.8 Å². The highest BCUT2D eigenvalue weighted by molar-refractivity contribution is 7.13. The van der Waals surface area contributed by atoms with E-state index in [1.54, 1.807) is 23.6 Å². The number of rotatable bonds is 5. The number of nitrogens with zero attached hydrogens (tertiary/aromatic N) is 3. The topological polar surface area (TPSA) is 59.8 Å². The Morgan fingerprint density at radius 1 is 1.18 bits per heavy atom. The molecule has 0 spiro atoms. The van der Waals surface area contributed by atoms with Gasteiger partial charge in [-0.1, -0.05) is 29.8 Å². The minimum Gasteiger partial charge on any atom is -0.336 e. The highest BCUT2D eigenvalue weighted by Gasteiger charge is 2.13. The van der Waals surface area contributed by atoms with Crippen LogP contribution in [0, 0.1) is 6.92 Å². The van der Waals surface area contributed by atoms with Crippen molar-refractivity contribution in [1.29, 1.82) is 0 Å².